The van der Waals surface area contributed by atoms with E-state index in [2.05, 4.69) is 10.5 Å². The average molecular weight is 318 g/mol. The third kappa shape index (κ3) is 4.57. The Morgan fingerprint density at radius 1 is 1.26 bits per heavy atom. The maximum absolute atomic E-state index is 12.1. The fraction of sp³-hybridized carbons (Fsp3) is 0.312. The fourth-order valence-electron chi connectivity index (χ4n) is 2.11. The first kappa shape index (κ1) is 16.5. The van der Waals surface area contributed by atoms with Crippen LogP contribution in [0, 0.1) is 13.8 Å². The molecule has 7 nitrogen and oxygen atoms in total. The first-order valence-corrected chi connectivity index (χ1v) is 7.12. The molecule has 0 radical (unpaired) electrons. The topological polar surface area (TPSA) is 102 Å². The van der Waals surface area contributed by atoms with Gasteiger partial charge in [0.15, 0.2) is 6.61 Å². The van der Waals surface area contributed by atoms with Gasteiger partial charge in [-0.05, 0) is 38.0 Å². The average Bonchev–Trinajstić information content (AvgIpc) is 2.85. The number of carbonyl (C=O) groups is 2. The van der Waals surface area contributed by atoms with Gasteiger partial charge in [0, 0.05) is 6.54 Å². The van der Waals surface area contributed by atoms with Gasteiger partial charge in [-0.3, -0.25) is 4.79 Å². The minimum atomic E-state index is -1.02. The number of aryl methyl sites for hydroxylation is 2. The highest BCUT2D eigenvalue weighted by Gasteiger charge is 2.16. The van der Waals surface area contributed by atoms with Gasteiger partial charge < -0.3 is 19.7 Å². The summed E-state index contributed by atoms with van der Waals surface area (Å²) in [7, 11) is 0. The van der Waals surface area contributed by atoms with Crippen LogP contribution in [0.2, 0.25) is 0 Å². The Morgan fingerprint density at radius 3 is 2.52 bits per heavy atom. The molecule has 0 bridgehead atoms. The lowest BCUT2D eigenvalue weighted by molar-refractivity contribution is -0.139. The van der Waals surface area contributed by atoms with E-state index >= 15 is 0 Å². The molecule has 2 aromatic rings. The van der Waals surface area contributed by atoms with Crippen LogP contribution in [0.25, 0.3) is 0 Å². The molecule has 0 aliphatic carbocycles. The zero-order chi connectivity index (χ0) is 16.8. The maximum atomic E-state index is 12.1. The standard InChI is InChI=1S/C16H18N2O5/c1-10-15(11(2)23-18-10)16(21)17-8-7-12-3-5-13(6-4-12)22-9-14(19)20/h3-6H,7-9H2,1-2H3,(H,17,21)(H,19,20). The summed E-state index contributed by atoms with van der Waals surface area (Å²) in [6, 6.07) is 7.07. The van der Waals surface area contributed by atoms with Crippen molar-refractivity contribution in [1.29, 1.82) is 0 Å². The molecule has 0 saturated carbocycles. The Bertz CT molecular complexity index is 671. The van der Waals surface area contributed by atoms with Crippen molar-refractivity contribution in [2.45, 2.75) is 20.3 Å². The zero-order valence-corrected chi connectivity index (χ0v) is 13.0. The molecule has 1 amide bonds. The lowest BCUT2D eigenvalue weighted by Gasteiger charge is -2.07. The number of nitrogens with zero attached hydrogens (tertiary/aromatic N) is 1. The molecule has 0 aliphatic heterocycles. The van der Waals surface area contributed by atoms with Gasteiger partial charge in [0.25, 0.3) is 5.91 Å². The van der Waals surface area contributed by atoms with Crippen molar-refractivity contribution in [3.8, 4) is 5.75 Å². The van der Waals surface area contributed by atoms with Crippen LogP contribution in [0.15, 0.2) is 28.8 Å². The van der Waals surface area contributed by atoms with Crippen LogP contribution < -0.4 is 10.1 Å². The van der Waals surface area contributed by atoms with Gasteiger partial charge >= 0.3 is 5.97 Å². The van der Waals surface area contributed by atoms with Crippen molar-refractivity contribution in [3.05, 3.63) is 46.8 Å². The lowest BCUT2D eigenvalue weighted by atomic mass is 10.1. The number of ether oxygens (including phenoxy) is 1. The molecule has 0 unspecified atom stereocenters. The number of carboxylic acids is 1. The van der Waals surface area contributed by atoms with Crippen LogP contribution in [0.4, 0.5) is 0 Å². The summed E-state index contributed by atoms with van der Waals surface area (Å²) in [5.74, 6) is -0.227. The number of carboxylic acid groups (broad SMARTS) is 1. The van der Waals surface area contributed by atoms with Crippen LogP contribution in [-0.4, -0.2) is 35.3 Å². The van der Waals surface area contributed by atoms with Gasteiger partial charge in [0.05, 0.1) is 5.69 Å². The van der Waals surface area contributed by atoms with Crippen LogP contribution in [-0.2, 0) is 11.2 Å². The molecule has 23 heavy (non-hydrogen) atoms. The van der Waals surface area contributed by atoms with Crippen molar-refractivity contribution in [2.75, 3.05) is 13.2 Å². The number of aliphatic carboxylic acids is 1. The van der Waals surface area contributed by atoms with E-state index in [1.807, 2.05) is 12.1 Å². The molecule has 0 aliphatic rings. The van der Waals surface area contributed by atoms with Crippen molar-refractivity contribution in [1.82, 2.24) is 10.5 Å². The Hall–Kier alpha value is -2.83. The number of aromatic nitrogens is 1. The second-order valence-corrected chi connectivity index (χ2v) is 5.03. The minimum absolute atomic E-state index is 0.206. The van der Waals surface area contributed by atoms with Crippen LogP contribution in [0.5, 0.6) is 5.75 Å². The third-order valence-corrected chi connectivity index (χ3v) is 3.25. The Labute approximate surface area is 133 Å². The molecular formula is C16H18N2O5. The second kappa shape index (κ2) is 7.44. The maximum Gasteiger partial charge on any atom is 0.341 e. The summed E-state index contributed by atoms with van der Waals surface area (Å²) in [5, 5.41) is 15.1. The Balaban J connectivity index is 1.82. The zero-order valence-electron chi connectivity index (χ0n) is 13.0. The van der Waals surface area contributed by atoms with Gasteiger partial charge in [-0.25, -0.2) is 4.79 Å². The van der Waals surface area contributed by atoms with Gasteiger partial charge in [-0.2, -0.15) is 0 Å². The molecule has 0 spiro atoms. The molecule has 122 valence electrons. The van der Waals surface area contributed by atoms with E-state index in [-0.39, 0.29) is 12.5 Å². The van der Waals surface area contributed by atoms with Crippen molar-refractivity contribution in [2.24, 2.45) is 0 Å². The number of nitrogens with one attached hydrogen (secondary N) is 1. The Kier molecular flexibility index (Phi) is 5.35. The van der Waals surface area contributed by atoms with Crippen molar-refractivity contribution in [3.63, 3.8) is 0 Å². The fourth-order valence-corrected chi connectivity index (χ4v) is 2.11. The Morgan fingerprint density at radius 2 is 1.96 bits per heavy atom. The summed E-state index contributed by atoms with van der Waals surface area (Å²) in [6.07, 6.45) is 0.647. The normalized spacial score (nSPS) is 10.3. The lowest BCUT2D eigenvalue weighted by Crippen LogP contribution is -2.26. The number of hydrogen-bond donors (Lipinski definition) is 2. The van der Waals surface area contributed by atoms with E-state index in [9.17, 15) is 9.59 Å². The number of hydrogen-bond acceptors (Lipinski definition) is 5. The van der Waals surface area contributed by atoms with Gasteiger partial charge in [0.2, 0.25) is 0 Å². The molecule has 2 rings (SSSR count). The predicted molar refractivity (Wildman–Crippen MR) is 81.6 cm³/mol. The van der Waals surface area contributed by atoms with E-state index in [0.717, 1.165) is 5.56 Å². The number of amides is 1. The highest BCUT2D eigenvalue weighted by molar-refractivity contribution is 5.96. The molecule has 1 aromatic carbocycles. The largest absolute Gasteiger partial charge is 0.482 e. The quantitative estimate of drug-likeness (QED) is 0.806. The first-order chi connectivity index (χ1) is 11.0. The molecule has 0 saturated heterocycles. The number of benzene rings is 1. The number of carbonyl (C=O) groups excluding carboxylic acids is 1. The minimum Gasteiger partial charge on any atom is -0.482 e. The van der Waals surface area contributed by atoms with Gasteiger partial charge in [-0.1, -0.05) is 17.3 Å². The van der Waals surface area contributed by atoms with Gasteiger partial charge in [-0.15, -0.1) is 0 Å². The molecule has 1 heterocycles. The summed E-state index contributed by atoms with van der Waals surface area (Å²) < 4.78 is 10.0. The van der Waals surface area contributed by atoms with E-state index < -0.39 is 5.97 Å². The number of rotatable bonds is 7. The van der Waals surface area contributed by atoms with E-state index in [4.69, 9.17) is 14.4 Å². The molecule has 2 N–H and O–H groups in total. The highest BCUT2D eigenvalue weighted by atomic mass is 16.5. The van der Waals surface area contributed by atoms with Crippen LogP contribution in [0.3, 0.4) is 0 Å². The van der Waals surface area contributed by atoms with Crippen molar-refractivity contribution < 1.29 is 24.0 Å². The van der Waals surface area contributed by atoms with Gasteiger partial charge in [0.1, 0.15) is 17.1 Å². The summed E-state index contributed by atoms with van der Waals surface area (Å²) in [6.45, 7) is 3.52. The van der Waals surface area contributed by atoms with E-state index in [0.29, 0.717) is 35.7 Å². The van der Waals surface area contributed by atoms with Crippen molar-refractivity contribution >= 4 is 11.9 Å². The molecule has 7 heteroatoms. The third-order valence-electron chi connectivity index (χ3n) is 3.25. The molecule has 0 fully saturated rings. The molecule has 0 atom stereocenters. The SMILES string of the molecule is Cc1noc(C)c1C(=O)NCCc1ccc(OCC(=O)O)cc1. The van der Waals surface area contributed by atoms with Crippen LogP contribution >= 0.6 is 0 Å². The smallest absolute Gasteiger partial charge is 0.341 e. The molecule has 1 aromatic heterocycles. The van der Waals surface area contributed by atoms with E-state index in [1.165, 1.54) is 0 Å². The summed E-state index contributed by atoms with van der Waals surface area (Å²) in [4.78, 5) is 22.5. The highest BCUT2D eigenvalue weighted by Crippen LogP contribution is 2.13. The van der Waals surface area contributed by atoms with Crippen LogP contribution in [0.1, 0.15) is 27.4 Å². The summed E-state index contributed by atoms with van der Waals surface area (Å²) >= 11 is 0. The monoisotopic (exact) mass is 318 g/mol. The molecular weight excluding hydrogens is 300 g/mol. The predicted octanol–water partition coefficient (Wildman–Crippen LogP) is 1.73. The first-order valence-electron chi connectivity index (χ1n) is 7.12. The second-order valence-electron chi connectivity index (χ2n) is 5.03. The van der Waals surface area contributed by atoms with E-state index in [1.54, 1.807) is 26.0 Å². The summed E-state index contributed by atoms with van der Waals surface area (Å²) in [5.41, 5.74) is 2.05.